The molecule has 0 atom stereocenters. The van der Waals surface area contributed by atoms with Crippen molar-refractivity contribution in [3.05, 3.63) is 66.4 Å². The Kier molecular flexibility index (Phi) is 6.16. The molecule has 1 amide bonds. The average molecular weight is 460 g/mol. The summed E-state index contributed by atoms with van der Waals surface area (Å²) in [5.74, 6) is 0.115. The Morgan fingerprint density at radius 2 is 1.78 bits per heavy atom. The summed E-state index contributed by atoms with van der Waals surface area (Å²) in [6.07, 6.45) is 6.33. The molecular weight excluding hydrogens is 433 g/mol. The molecule has 32 heavy (non-hydrogen) atoms. The quantitative estimate of drug-likeness (QED) is 0.568. The minimum atomic E-state index is -3.27. The first-order valence-corrected chi connectivity index (χ1v) is 12.1. The molecule has 0 spiro atoms. The summed E-state index contributed by atoms with van der Waals surface area (Å²) < 4.78 is 42.6. The number of sulfonamides is 1. The summed E-state index contributed by atoms with van der Waals surface area (Å²) in [5.41, 5.74) is 1.07. The number of piperidine rings is 1. The van der Waals surface area contributed by atoms with Gasteiger partial charge in [0.15, 0.2) is 5.82 Å². The Labute approximate surface area is 186 Å². The van der Waals surface area contributed by atoms with Gasteiger partial charge in [-0.25, -0.2) is 21.8 Å². The van der Waals surface area contributed by atoms with Crippen molar-refractivity contribution in [2.45, 2.75) is 25.8 Å². The van der Waals surface area contributed by atoms with Crippen LogP contribution in [-0.2, 0) is 10.0 Å². The lowest BCUT2D eigenvalue weighted by Gasteiger charge is -2.36. The van der Waals surface area contributed by atoms with Crippen LogP contribution in [-0.4, -0.2) is 69.8 Å². The van der Waals surface area contributed by atoms with Gasteiger partial charge in [-0.15, -0.1) is 0 Å². The molecule has 4 rings (SSSR count). The minimum Gasteiger partial charge on any atom is -0.338 e. The predicted octanol–water partition coefficient (Wildman–Crippen LogP) is 2.69. The van der Waals surface area contributed by atoms with E-state index in [9.17, 15) is 17.6 Å². The molecule has 3 aromatic rings. The molecule has 3 heterocycles. The molecule has 8 nitrogen and oxygen atoms in total. The number of nitrogens with zero attached hydrogens (tertiary/aromatic N) is 5. The zero-order valence-electron chi connectivity index (χ0n) is 18.1. The SMILES string of the molecule is CCS(=O)(=O)N(C)C1CCN(C(=O)c2cnn(-c3ccc(F)cc3)c2-n2cccc2)CC1. The number of amides is 1. The van der Waals surface area contributed by atoms with E-state index in [1.807, 2.05) is 24.5 Å². The number of rotatable bonds is 6. The Morgan fingerprint density at radius 1 is 1.16 bits per heavy atom. The third-order valence-electron chi connectivity index (χ3n) is 5.96. The first-order chi connectivity index (χ1) is 15.3. The lowest BCUT2D eigenvalue weighted by atomic mass is 10.0. The van der Waals surface area contributed by atoms with E-state index in [1.54, 1.807) is 40.3 Å². The van der Waals surface area contributed by atoms with Crippen LogP contribution in [0.1, 0.15) is 30.1 Å². The summed E-state index contributed by atoms with van der Waals surface area (Å²) in [7, 11) is -1.66. The maximum atomic E-state index is 13.4. The summed E-state index contributed by atoms with van der Waals surface area (Å²) in [4.78, 5) is 15.1. The molecule has 1 fully saturated rings. The third-order valence-corrected chi connectivity index (χ3v) is 7.87. The van der Waals surface area contributed by atoms with Crippen LogP contribution in [0.3, 0.4) is 0 Å². The first-order valence-electron chi connectivity index (χ1n) is 10.5. The van der Waals surface area contributed by atoms with Crippen LogP contribution in [0, 0.1) is 5.82 Å². The second-order valence-corrected chi connectivity index (χ2v) is 10.1. The number of carbonyl (C=O) groups is 1. The summed E-state index contributed by atoms with van der Waals surface area (Å²) >= 11 is 0. The van der Waals surface area contributed by atoms with E-state index in [0.29, 0.717) is 43.0 Å². The van der Waals surface area contributed by atoms with Crippen LogP contribution in [0.2, 0.25) is 0 Å². The van der Waals surface area contributed by atoms with Crippen LogP contribution in [0.25, 0.3) is 11.5 Å². The number of aromatic nitrogens is 3. The second-order valence-electron chi connectivity index (χ2n) is 7.80. The van der Waals surface area contributed by atoms with Gasteiger partial charge < -0.3 is 9.47 Å². The van der Waals surface area contributed by atoms with Crippen molar-refractivity contribution in [1.82, 2.24) is 23.6 Å². The number of halogens is 1. The van der Waals surface area contributed by atoms with Crippen LogP contribution >= 0.6 is 0 Å². The van der Waals surface area contributed by atoms with Gasteiger partial charge in [0.05, 0.1) is 17.6 Å². The van der Waals surface area contributed by atoms with Crippen molar-refractivity contribution in [3.63, 3.8) is 0 Å². The Morgan fingerprint density at radius 3 is 2.38 bits per heavy atom. The van der Waals surface area contributed by atoms with Crippen molar-refractivity contribution < 1.29 is 17.6 Å². The van der Waals surface area contributed by atoms with Crippen LogP contribution < -0.4 is 0 Å². The number of benzene rings is 1. The van der Waals surface area contributed by atoms with Gasteiger partial charge in [0.1, 0.15) is 11.4 Å². The highest BCUT2D eigenvalue weighted by atomic mass is 32.2. The molecule has 0 N–H and O–H groups in total. The molecule has 1 aliphatic heterocycles. The van der Waals surface area contributed by atoms with E-state index in [1.165, 1.54) is 22.6 Å². The predicted molar refractivity (Wildman–Crippen MR) is 119 cm³/mol. The van der Waals surface area contributed by atoms with E-state index >= 15 is 0 Å². The normalized spacial score (nSPS) is 15.4. The highest BCUT2D eigenvalue weighted by Gasteiger charge is 2.32. The fourth-order valence-electron chi connectivity index (χ4n) is 4.02. The molecule has 0 saturated carbocycles. The zero-order chi connectivity index (χ0) is 22.9. The molecule has 1 aliphatic rings. The highest BCUT2D eigenvalue weighted by Crippen LogP contribution is 2.24. The Balaban J connectivity index is 1.59. The van der Waals surface area contributed by atoms with Crippen molar-refractivity contribution in [1.29, 1.82) is 0 Å². The fourth-order valence-corrected chi connectivity index (χ4v) is 5.09. The molecule has 2 aromatic heterocycles. The van der Waals surface area contributed by atoms with Crippen LogP contribution in [0.5, 0.6) is 0 Å². The van der Waals surface area contributed by atoms with Gasteiger partial charge in [-0.3, -0.25) is 4.79 Å². The molecular formula is C22H26FN5O3S. The fraction of sp³-hybridized carbons (Fsp3) is 0.364. The van der Waals surface area contributed by atoms with Crippen molar-refractivity contribution in [2.75, 3.05) is 25.9 Å². The van der Waals surface area contributed by atoms with Gasteiger partial charge in [0.25, 0.3) is 5.91 Å². The second kappa shape index (κ2) is 8.87. The van der Waals surface area contributed by atoms with Gasteiger partial charge in [0.2, 0.25) is 10.0 Å². The number of likely N-dealkylation sites (tertiary alicyclic amines) is 1. The molecule has 0 bridgehead atoms. The molecule has 0 unspecified atom stereocenters. The smallest absolute Gasteiger partial charge is 0.259 e. The molecule has 1 saturated heterocycles. The van der Waals surface area contributed by atoms with Gasteiger partial charge in [-0.05, 0) is 56.2 Å². The van der Waals surface area contributed by atoms with E-state index in [-0.39, 0.29) is 23.5 Å². The monoisotopic (exact) mass is 459 g/mol. The van der Waals surface area contributed by atoms with E-state index in [2.05, 4.69) is 5.10 Å². The van der Waals surface area contributed by atoms with Crippen LogP contribution in [0.15, 0.2) is 55.0 Å². The van der Waals surface area contributed by atoms with Crippen molar-refractivity contribution in [2.24, 2.45) is 0 Å². The number of hydrogen-bond donors (Lipinski definition) is 0. The first kappa shape index (κ1) is 22.2. The summed E-state index contributed by atoms with van der Waals surface area (Å²) in [6.45, 7) is 2.55. The number of hydrogen-bond acceptors (Lipinski definition) is 4. The van der Waals surface area contributed by atoms with Crippen molar-refractivity contribution in [3.8, 4) is 11.5 Å². The van der Waals surface area contributed by atoms with Gasteiger partial charge in [0, 0.05) is 38.6 Å². The largest absolute Gasteiger partial charge is 0.338 e. The highest BCUT2D eigenvalue weighted by molar-refractivity contribution is 7.89. The average Bonchev–Trinajstić information content (AvgIpc) is 3.48. The standard InChI is InChI=1S/C22H26FN5O3S/c1-3-32(30,31)25(2)18-10-14-27(15-11-18)22(29)20-16-24-28(19-8-6-17(23)7-9-19)21(20)26-12-4-5-13-26/h4-9,12-13,16,18H,3,10-11,14-15H2,1-2H3. The summed E-state index contributed by atoms with van der Waals surface area (Å²) in [5, 5.41) is 4.41. The molecule has 1 aromatic carbocycles. The minimum absolute atomic E-state index is 0.0610. The van der Waals surface area contributed by atoms with Gasteiger partial charge in [-0.2, -0.15) is 5.10 Å². The summed E-state index contributed by atoms with van der Waals surface area (Å²) in [6, 6.07) is 9.51. The van der Waals surface area contributed by atoms with E-state index in [4.69, 9.17) is 0 Å². The van der Waals surface area contributed by atoms with E-state index < -0.39 is 10.0 Å². The van der Waals surface area contributed by atoms with Crippen LogP contribution in [0.4, 0.5) is 4.39 Å². The third kappa shape index (κ3) is 4.20. The zero-order valence-corrected chi connectivity index (χ0v) is 18.9. The molecule has 0 aliphatic carbocycles. The van der Waals surface area contributed by atoms with Gasteiger partial charge >= 0.3 is 0 Å². The lowest BCUT2D eigenvalue weighted by Crippen LogP contribution is -2.47. The van der Waals surface area contributed by atoms with Gasteiger partial charge in [-0.1, -0.05) is 0 Å². The van der Waals surface area contributed by atoms with Crippen molar-refractivity contribution >= 4 is 15.9 Å². The topological polar surface area (TPSA) is 80.4 Å². The molecule has 170 valence electrons. The number of carbonyl (C=O) groups excluding carboxylic acids is 1. The Hall–Kier alpha value is -2.98. The molecule has 0 radical (unpaired) electrons. The Bertz CT molecular complexity index is 1180. The van der Waals surface area contributed by atoms with E-state index in [0.717, 1.165) is 0 Å². The molecule has 10 heteroatoms. The maximum absolute atomic E-state index is 13.4. The maximum Gasteiger partial charge on any atom is 0.259 e. The lowest BCUT2D eigenvalue weighted by molar-refractivity contribution is 0.0686.